The van der Waals surface area contributed by atoms with E-state index in [4.69, 9.17) is 0 Å². The summed E-state index contributed by atoms with van der Waals surface area (Å²) in [4.78, 5) is 28.6. The lowest BCUT2D eigenvalue weighted by molar-refractivity contribution is -0.384. The first-order valence-corrected chi connectivity index (χ1v) is 9.18. The molecule has 0 saturated carbocycles. The van der Waals surface area contributed by atoms with E-state index in [1.54, 1.807) is 32.3 Å². The molecule has 1 aliphatic rings. The number of guanidine groups is 1. The first-order valence-electron chi connectivity index (χ1n) is 9.18. The number of para-hydroxylation sites is 2. The van der Waals surface area contributed by atoms with Crippen molar-refractivity contribution in [2.45, 2.75) is 19.3 Å². The van der Waals surface area contributed by atoms with Gasteiger partial charge in [-0.1, -0.05) is 12.1 Å². The van der Waals surface area contributed by atoms with E-state index >= 15 is 0 Å². The first kappa shape index (κ1) is 20.5. The lowest BCUT2D eigenvalue weighted by Gasteiger charge is -2.34. The highest BCUT2D eigenvalue weighted by Gasteiger charge is 2.23. The molecule has 1 saturated heterocycles. The fourth-order valence-corrected chi connectivity index (χ4v) is 3.20. The Morgan fingerprint density at radius 2 is 2.00 bits per heavy atom. The molecule has 0 aliphatic carbocycles. The second kappa shape index (κ2) is 10.3. The molecule has 1 fully saturated rings. The van der Waals surface area contributed by atoms with Crippen LogP contribution in [-0.4, -0.2) is 62.0 Å². The SMILES string of the molecule is CN=C(NCCNc1ccccc1[N+](=O)[O-])N1CCC(CC(=O)NC)CC1. The van der Waals surface area contributed by atoms with Gasteiger partial charge in [-0.2, -0.15) is 0 Å². The van der Waals surface area contributed by atoms with Crippen molar-refractivity contribution in [2.24, 2.45) is 10.9 Å². The number of hydrogen-bond acceptors (Lipinski definition) is 5. The number of benzene rings is 1. The van der Waals surface area contributed by atoms with Crippen LogP contribution in [0, 0.1) is 16.0 Å². The zero-order chi connectivity index (χ0) is 19.6. The summed E-state index contributed by atoms with van der Waals surface area (Å²) in [6, 6.07) is 6.60. The molecule has 0 atom stereocenters. The normalized spacial score (nSPS) is 15.3. The predicted molar refractivity (Wildman–Crippen MR) is 106 cm³/mol. The Bertz CT molecular complexity index is 671. The number of nitro groups is 1. The van der Waals surface area contributed by atoms with Gasteiger partial charge in [-0.3, -0.25) is 19.9 Å². The Kier molecular flexibility index (Phi) is 7.84. The highest BCUT2D eigenvalue weighted by atomic mass is 16.6. The second-order valence-electron chi connectivity index (χ2n) is 6.48. The molecule has 27 heavy (non-hydrogen) atoms. The van der Waals surface area contributed by atoms with Crippen molar-refractivity contribution in [3.05, 3.63) is 34.4 Å². The predicted octanol–water partition coefficient (Wildman–Crippen LogP) is 1.43. The van der Waals surface area contributed by atoms with E-state index in [2.05, 4.69) is 25.8 Å². The van der Waals surface area contributed by atoms with Gasteiger partial charge in [-0.15, -0.1) is 0 Å². The Balaban J connectivity index is 1.75. The third-order valence-corrected chi connectivity index (χ3v) is 4.70. The lowest BCUT2D eigenvalue weighted by Crippen LogP contribution is -2.47. The molecule has 0 spiro atoms. The maximum atomic E-state index is 11.5. The monoisotopic (exact) mass is 376 g/mol. The van der Waals surface area contributed by atoms with Crippen LogP contribution in [0.25, 0.3) is 0 Å². The summed E-state index contributed by atoms with van der Waals surface area (Å²) in [5, 5.41) is 20.1. The molecule has 0 bridgehead atoms. The van der Waals surface area contributed by atoms with E-state index in [1.165, 1.54) is 6.07 Å². The van der Waals surface area contributed by atoms with E-state index < -0.39 is 4.92 Å². The van der Waals surface area contributed by atoms with Crippen molar-refractivity contribution in [1.82, 2.24) is 15.5 Å². The number of piperidine rings is 1. The number of carbonyl (C=O) groups is 1. The fourth-order valence-electron chi connectivity index (χ4n) is 3.20. The van der Waals surface area contributed by atoms with Crippen molar-refractivity contribution in [2.75, 3.05) is 45.6 Å². The highest BCUT2D eigenvalue weighted by molar-refractivity contribution is 5.80. The van der Waals surface area contributed by atoms with Crippen molar-refractivity contribution in [3.8, 4) is 0 Å². The van der Waals surface area contributed by atoms with Crippen LogP contribution in [0.15, 0.2) is 29.3 Å². The van der Waals surface area contributed by atoms with Crippen molar-refractivity contribution in [3.63, 3.8) is 0 Å². The summed E-state index contributed by atoms with van der Waals surface area (Å²) in [5.74, 6) is 1.33. The van der Waals surface area contributed by atoms with Gasteiger partial charge in [-0.25, -0.2) is 0 Å². The molecule has 1 heterocycles. The minimum atomic E-state index is -0.391. The summed E-state index contributed by atoms with van der Waals surface area (Å²) in [7, 11) is 3.41. The fraction of sp³-hybridized carbons (Fsp3) is 0.556. The van der Waals surface area contributed by atoms with Gasteiger partial charge >= 0.3 is 0 Å². The lowest BCUT2D eigenvalue weighted by atomic mass is 9.93. The van der Waals surface area contributed by atoms with Gasteiger partial charge in [0.25, 0.3) is 5.69 Å². The van der Waals surface area contributed by atoms with Gasteiger partial charge in [0.05, 0.1) is 4.92 Å². The van der Waals surface area contributed by atoms with E-state index in [-0.39, 0.29) is 11.6 Å². The molecule has 9 nitrogen and oxygen atoms in total. The van der Waals surface area contributed by atoms with Crippen LogP contribution in [0.5, 0.6) is 0 Å². The first-order chi connectivity index (χ1) is 13.0. The van der Waals surface area contributed by atoms with Crippen LogP contribution in [0.1, 0.15) is 19.3 Å². The highest BCUT2D eigenvalue weighted by Crippen LogP contribution is 2.23. The van der Waals surface area contributed by atoms with Gasteiger partial charge < -0.3 is 20.9 Å². The van der Waals surface area contributed by atoms with Crippen LogP contribution < -0.4 is 16.0 Å². The van der Waals surface area contributed by atoms with Crippen LogP contribution >= 0.6 is 0 Å². The number of aliphatic imine (C=N–C) groups is 1. The van der Waals surface area contributed by atoms with Gasteiger partial charge in [0.2, 0.25) is 5.91 Å². The molecule has 9 heteroatoms. The summed E-state index contributed by atoms with van der Waals surface area (Å²) in [6.07, 6.45) is 2.50. The van der Waals surface area contributed by atoms with Crippen molar-refractivity contribution in [1.29, 1.82) is 0 Å². The molecule has 2 rings (SSSR count). The molecular formula is C18H28N6O3. The smallest absolute Gasteiger partial charge is 0.292 e. The van der Waals surface area contributed by atoms with Crippen LogP contribution in [0.4, 0.5) is 11.4 Å². The molecule has 0 radical (unpaired) electrons. The third-order valence-electron chi connectivity index (χ3n) is 4.70. The number of rotatable bonds is 7. The number of amides is 1. The molecule has 1 aromatic carbocycles. The molecule has 3 N–H and O–H groups in total. The summed E-state index contributed by atoms with van der Waals surface area (Å²) < 4.78 is 0. The largest absolute Gasteiger partial charge is 0.378 e. The van der Waals surface area contributed by atoms with Gasteiger partial charge in [0, 0.05) is 52.8 Å². The average Bonchev–Trinajstić information content (AvgIpc) is 2.69. The Labute approximate surface area is 159 Å². The Morgan fingerprint density at radius 3 is 2.63 bits per heavy atom. The second-order valence-corrected chi connectivity index (χ2v) is 6.48. The number of nitro benzene ring substituents is 1. The van der Waals surface area contributed by atoms with Gasteiger partial charge in [-0.05, 0) is 24.8 Å². The van der Waals surface area contributed by atoms with Gasteiger partial charge in [0.1, 0.15) is 5.69 Å². The number of hydrogen-bond donors (Lipinski definition) is 3. The van der Waals surface area contributed by atoms with E-state index in [0.29, 0.717) is 31.1 Å². The molecule has 1 aliphatic heterocycles. The Hall–Kier alpha value is -2.84. The average molecular weight is 376 g/mol. The van der Waals surface area contributed by atoms with Gasteiger partial charge in [0.15, 0.2) is 5.96 Å². The minimum absolute atomic E-state index is 0.0695. The number of likely N-dealkylation sites (tertiary alicyclic amines) is 1. The summed E-state index contributed by atoms with van der Waals surface area (Å²) in [5.41, 5.74) is 0.578. The standard InChI is InChI=1S/C18H28N6O3/c1-19-17(25)13-14-7-11-23(12-8-14)18(20-2)22-10-9-21-15-5-3-4-6-16(15)24(26)27/h3-6,14,21H,7-13H2,1-2H3,(H,19,25)(H,20,22). The molecule has 0 aromatic heterocycles. The minimum Gasteiger partial charge on any atom is -0.378 e. The van der Waals surface area contributed by atoms with Crippen molar-refractivity contribution >= 4 is 23.2 Å². The maximum Gasteiger partial charge on any atom is 0.292 e. The quantitative estimate of drug-likeness (QED) is 0.218. The van der Waals surface area contributed by atoms with Crippen LogP contribution in [0.2, 0.25) is 0 Å². The number of carbonyl (C=O) groups excluding carboxylic acids is 1. The molecule has 1 aromatic rings. The van der Waals surface area contributed by atoms with Crippen molar-refractivity contribution < 1.29 is 9.72 Å². The molecule has 0 unspecified atom stereocenters. The molecular weight excluding hydrogens is 348 g/mol. The summed E-state index contributed by atoms with van der Waals surface area (Å²) >= 11 is 0. The topological polar surface area (TPSA) is 112 Å². The zero-order valence-electron chi connectivity index (χ0n) is 15.9. The van der Waals surface area contributed by atoms with E-state index in [9.17, 15) is 14.9 Å². The number of anilines is 1. The maximum absolute atomic E-state index is 11.5. The van der Waals surface area contributed by atoms with E-state index in [1.807, 2.05) is 0 Å². The summed E-state index contributed by atoms with van der Waals surface area (Å²) in [6.45, 7) is 2.85. The number of nitrogens with zero attached hydrogens (tertiary/aromatic N) is 3. The zero-order valence-corrected chi connectivity index (χ0v) is 15.9. The third kappa shape index (κ3) is 6.12. The van der Waals surface area contributed by atoms with E-state index in [0.717, 1.165) is 31.9 Å². The molecule has 1 amide bonds. The number of nitrogens with one attached hydrogen (secondary N) is 3. The molecule has 148 valence electrons. The Morgan fingerprint density at radius 1 is 1.30 bits per heavy atom. The van der Waals surface area contributed by atoms with Crippen LogP contribution in [0.3, 0.4) is 0 Å². The van der Waals surface area contributed by atoms with Crippen LogP contribution in [-0.2, 0) is 4.79 Å².